The molecule has 27 heavy (non-hydrogen) atoms. The van der Waals surface area contributed by atoms with Crippen molar-refractivity contribution in [3.05, 3.63) is 72.3 Å². The molecule has 3 aromatic rings. The molecule has 0 atom stereocenters. The van der Waals surface area contributed by atoms with E-state index < -0.39 is 12.0 Å². The standard InChI is InChI=1S/C22H22N2O3/c1-15(2)14-27-22(26)24(21(25)19-9-5-6-10-20(19)23)18-12-11-16-7-3-4-8-17(16)13-18/h3-13,15H,14,23H2,1-2H3. The van der Waals surface area contributed by atoms with Crippen molar-refractivity contribution in [1.82, 2.24) is 0 Å². The third-order valence-corrected chi connectivity index (χ3v) is 4.11. The number of imide groups is 1. The lowest BCUT2D eigenvalue weighted by molar-refractivity contribution is 0.0956. The molecule has 0 bridgehead atoms. The van der Waals surface area contributed by atoms with Gasteiger partial charge in [-0.15, -0.1) is 0 Å². The predicted octanol–water partition coefficient (Wildman–Crippen LogP) is 4.86. The zero-order chi connectivity index (χ0) is 19.4. The number of ether oxygens (including phenoxy) is 1. The minimum Gasteiger partial charge on any atom is -0.449 e. The van der Waals surface area contributed by atoms with Gasteiger partial charge in [-0.2, -0.15) is 0 Å². The van der Waals surface area contributed by atoms with Crippen LogP contribution in [0.3, 0.4) is 0 Å². The Morgan fingerprint density at radius 1 is 0.963 bits per heavy atom. The Kier molecular flexibility index (Phi) is 5.41. The monoisotopic (exact) mass is 362 g/mol. The quantitative estimate of drug-likeness (QED) is 0.673. The van der Waals surface area contributed by atoms with Crippen molar-refractivity contribution >= 4 is 34.1 Å². The normalized spacial score (nSPS) is 10.8. The number of nitrogens with zero attached hydrogens (tertiary/aromatic N) is 1. The molecular weight excluding hydrogens is 340 g/mol. The molecule has 3 rings (SSSR count). The summed E-state index contributed by atoms with van der Waals surface area (Å²) in [6.45, 7) is 4.09. The summed E-state index contributed by atoms with van der Waals surface area (Å²) in [7, 11) is 0. The van der Waals surface area contributed by atoms with Gasteiger partial charge < -0.3 is 10.5 Å². The number of amides is 2. The molecule has 0 saturated heterocycles. The number of para-hydroxylation sites is 1. The minimum absolute atomic E-state index is 0.157. The van der Waals surface area contributed by atoms with Crippen molar-refractivity contribution in [2.24, 2.45) is 5.92 Å². The van der Waals surface area contributed by atoms with Gasteiger partial charge in [-0.1, -0.05) is 56.3 Å². The van der Waals surface area contributed by atoms with E-state index in [2.05, 4.69) is 0 Å². The van der Waals surface area contributed by atoms with Crippen LogP contribution in [-0.4, -0.2) is 18.6 Å². The highest BCUT2D eigenvalue weighted by molar-refractivity contribution is 6.21. The molecule has 2 N–H and O–H groups in total. The van der Waals surface area contributed by atoms with Crippen LogP contribution in [0.1, 0.15) is 24.2 Å². The summed E-state index contributed by atoms with van der Waals surface area (Å²) in [5.74, 6) is -0.360. The predicted molar refractivity (Wildman–Crippen MR) is 108 cm³/mol. The SMILES string of the molecule is CC(C)COC(=O)N(C(=O)c1ccccc1N)c1ccc2ccccc2c1. The second-order valence-electron chi connectivity index (χ2n) is 6.73. The van der Waals surface area contributed by atoms with Gasteiger partial charge in [-0.3, -0.25) is 4.79 Å². The zero-order valence-corrected chi connectivity index (χ0v) is 15.4. The van der Waals surface area contributed by atoms with Crippen LogP contribution in [0.25, 0.3) is 10.8 Å². The van der Waals surface area contributed by atoms with Gasteiger partial charge in [0.05, 0.1) is 17.9 Å². The molecule has 5 nitrogen and oxygen atoms in total. The van der Waals surface area contributed by atoms with E-state index in [1.54, 1.807) is 36.4 Å². The van der Waals surface area contributed by atoms with Gasteiger partial charge in [0.25, 0.3) is 5.91 Å². The molecule has 0 aromatic heterocycles. The molecule has 2 amide bonds. The average molecular weight is 362 g/mol. The first-order valence-electron chi connectivity index (χ1n) is 8.82. The molecule has 138 valence electrons. The molecule has 0 unspecified atom stereocenters. The number of benzene rings is 3. The molecule has 0 spiro atoms. The summed E-state index contributed by atoms with van der Waals surface area (Å²) in [5, 5.41) is 1.94. The van der Waals surface area contributed by atoms with Crippen molar-refractivity contribution in [3.8, 4) is 0 Å². The van der Waals surface area contributed by atoms with Crippen LogP contribution in [0.4, 0.5) is 16.2 Å². The fourth-order valence-electron chi connectivity index (χ4n) is 2.74. The van der Waals surface area contributed by atoms with Gasteiger partial charge in [0.2, 0.25) is 0 Å². The lowest BCUT2D eigenvalue weighted by Gasteiger charge is -2.22. The van der Waals surface area contributed by atoms with E-state index in [0.717, 1.165) is 15.7 Å². The summed E-state index contributed by atoms with van der Waals surface area (Å²) in [6, 6.07) is 19.8. The average Bonchev–Trinajstić information content (AvgIpc) is 2.66. The van der Waals surface area contributed by atoms with Crippen molar-refractivity contribution in [2.45, 2.75) is 13.8 Å². The van der Waals surface area contributed by atoms with Gasteiger partial charge in [0.15, 0.2) is 0 Å². The molecule has 0 aliphatic rings. The first kappa shape index (κ1) is 18.5. The van der Waals surface area contributed by atoms with Crippen LogP contribution in [0.2, 0.25) is 0 Å². The number of fused-ring (bicyclic) bond motifs is 1. The molecule has 3 aromatic carbocycles. The molecule has 0 saturated carbocycles. The summed E-state index contributed by atoms with van der Waals surface area (Å²) in [6.07, 6.45) is -0.716. The molecule has 0 aliphatic carbocycles. The van der Waals surface area contributed by atoms with Crippen LogP contribution in [0.5, 0.6) is 0 Å². The molecule has 0 fully saturated rings. The van der Waals surface area contributed by atoms with Gasteiger partial charge in [0.1, 0.15) is 0 Å². The Labute approximate surface area is 158 Å². The Balaban J connectivity index is 2.04. The van der Waals surface area contributed by atoms with Crippen molar-refractivity contribution in [2.75, 3.05) is 17.2 Å². The highest BCUT2D eigenvalue weighted by Gasteiger charge is 2.28. The fraction of sp³-hybridized carbons (Fsp3) is 0.182. The maximum Gasteiger partial charge on any atom is 0.421 e. The third kappa shape index (κ3) is 4.08. The van der Waals surface area contributed by atoms with Crippen LogP contribution in [0, 0.1) is 5.92 Å². The third-order valence-electron chi connectivity index (χ3n) is 4.11. The minimum atomic E-state index is -0.716. The first-order valence-corrected chi connectivity index (χ1v) is 8.82. The number of nitrogens with two attached hydrogens (primary N) is 1. The second-order valence-corrected chi connectivity index (χ2v) is 6.73. The lowest BCUT2D eigenvalue weighted by atomic mass is 10.1. The van der Waals surface area contributed by atoms with Crippen LogP contribution in [0.15, 0.2) is 66.7 Å². The van der Waals surface area contributed by atoms with E-state index in [-0.39, 0.29) is 18.1 Å². The number of carbonyl (C=O) groups excluding carboxylic acids is 2. The maximum atomic E-state index is 13.1. The van der Waals surface area contributed by atoms with E-state index in [1.165, 1.54) is 0 Å². The molecule has 0 radical (unpaired) electrons. The van der Waals surface area contributed by atoms with E-state index in [0.29, 0.717) is 11.4 Å². The summed E-state index contributed by atoms with van der Waals surface area (Å²) < 4.78 is 5.34. The summed E-state index contributed by atoms with van der Waals surface area (Å²) >= 11 is 0. The second kappa shape index (κ2) is 7.91. The molecule has 5 heteroatoms. The van der Waals surface area contributed by atoms with E-state index in [4.69, 9.17) is 10.5 Å². The lowest BCUT2D eigenvalue weighted by Crippen LogP contribution is -2.38. The molecular formula is C22H22N2O3. The smallest absolute Gasteiger partial charge is 0.421 e. The van der Waals surface area contributed by atoms with Crippen LogP contribution in [-0.2, 0) is 4.74 Å². The van der Waals surface area contributed by atoms with Crippen molar-refractivity contribution in [1.29, 1.82) is 0 Å². The van der Waals surface area contributed by atoms with E-state index >= 15 is 0 Å². The summed E-state index contributed by atoms with van der Waals surface area (Å²) in [5.41, 5.74) is 6.96. The van der Waals surface area contributed by atoms with Crippen molar-refractivity contribution in [3.63, 3.8) is 0 Å². The Hall–Kier alpha value is -3.34. The number of nitrogen functional groups attached to an aromatic ring is 1. The topological polar surface area (TPSA) is 72.6 Å². The van der Waals surface area contributed by atoms with E-state index in [9.17, 15) is 9.59 Å². The Morgan fingerprint density at radius 2 is 1.63 bits per heavy atom. The maximum absolute atomic E-state index is 13.1. The Morgan fingerprint density at radius 3 is 2.33 bits per heavy atom. The first-order chi connectivity index (χ1) is 13.0. The zero-order valence-electron chi connectivity index (χ0n) is 15.4. The molecule has 0 aliphatic heterocycles. The van der Waals surface area contributed by atoms with Crippen molar-refractivity contribution < 1.29 is 14.3 Å². The van der Waals surface area contributed by atoms with E-state index in [1.807, 2.05) is 44.2 Å². The van der Waals surface area contributed by atoms with Crippen LogP contribution >= 0.6 is 0 Å². The number of hydrogen-bond donors (Lipinski definition) is 1. The highest BCUT2D eigenvalue weighted by atomic mass is 16.6. The van der Waals surface area contributed by atoms with Crippen LogP contribution < -0.4 is 10.6 Å². The number of hydrogen-bond acceptors (Lipinski definition) is 4. The highest BCUT2D eigenvalue weighted by Crippen LogP contribution is 2.26. The number of anilines is 2. The molecule has 0 heterocycles. The fourth-order valence-corrected chi connectivity index (χ4v) is 2.74. The number of rotatable bonds is 4. The number of carbonyl (C=O) groups is 2. The van der Waals surface area contributed by atoms with Gasteiger partial charge in [0, 0.05) is 5.69 Å². The largest absolute Gasteiger partial charge is 0.449 e. The van der Waals surface area contributed by atoms with Gasteiger partial charge in [-0.05, 0) is 41.0 Å². The van der Waals surface area contributed by atoms with Gasteiger partial charge in [-0.25, -0.2) is 9.69 Å². The Bertz CT molecular complexity index is 982. The summed E-state index contributed by atoms with van der Waals surface area (Å²) in [4.78, 5) is 26.9. The van der Waals surface area contributed by atoms with Gasteiger partial charge >= 0.3 is 6.09 Å².